The van der Waals surface area contributed by atoms with Crippen molar-refractivity contribution in [2.45, 2.75) is 19.5 Å². The Balaban J connectivity index is 1.37. The Labute approximate surface area is 159 Å². The zero-order valence-corrected chi connectivity index (χ0v) is 15.3. The van der Waals surface area contributed by atoms with E-state index in [1.807, 2.05) is 23.5 Å². The lowest BCUT2D eigenvalue weighted by molar-refractivity contribution is 0.0760. The molecule has 2 aromatic heterocycles. The van der Waals surface area contributed by atoms with Crippen molar-refractivity contribution in [2.75, 3.05) is 26.2 Å². The van der Waals surface area contributed by atoms with Gasteiger partial charge in [-0.3, -0.25) is 9.69 Å². The second-order valence-electron chi connectivity index (χ2n) is 6.93. The molecular weight excluding hydrogens is 340 g/mol. The van der Waals surface area contributed by atoms with E-state index < -0.39 is 0 Å². The van der Waals surface area contributed by atoms with Crippen molar-refractivity contribution in [1.29, 1.82) is 0 Å². The molecule has 6 heteroatoms. The molecule has 140 valence electrons. The Morgan fingerprint density at radius 1 is 1.04 bits per heavy atom. The molecule has 1 aliphatic heterocycles. The molecule has 3 heterocycles. The molecule has 0 aliphatic carbocycles. The highest BCUT2D eigenvalue weighted by Gasteiger charge is 2.21. The number of nitrogens with zero attached hydrogens (tertiary/aromatic N) is 4. The largest absolute Gasteiger partial charge is 0.472 e. The van der Waals surface area contributed by atoms with Crippen LogP contribution in [0.1, 0.15) is 28.0 Å². The number of amides is 1. The summed E-state index contributed by atoms with van der Waals surface area (Å²) in [6, 6.07) is 12.2. The minimum Gasteiger partial charge on any atom is -0.472 e. The molecule has 1 fully saturated rings. The minimum absolute atomic E-state index is 0.0553. The first kappa shape index (κ1) is 17.5. The van der Waals surface area contributed by atoms with Crippen LogP contribution in [0, 0.1) is 0 Å². The van der Waals surface area contributed by atoms with Crippen molar-refractivity contribution >= 4 is 5.91 Å². The van der Waals surface area contributed by atoms with E-state index in [1.54, 1.807) is 12.3 Å². The van der Waals surface area contributed by atoms with Crippen LogP contribution < -0.4 is 0 Å². The van der Waals surface area contributed by atoms with Crippen molar-refractivity contribution in [2.24, 2.45) is 0 Å². The first-order valence-electron chi connectivity index (χ1n) is 9.36. The second kappa shape index (κ2) is 8.22. The van der Waals surface area contributed by atoms with Crippen molar-refractivity contribution < 1.29 is 9.21 Å². The molecule has 1 aromatic carbocycles. The van der Waals surface area contributed by atoms with E-state index in [-0.39, 0.29) is 5.91 Å². The quantitative estimate of drug-likeness (QED) is 0.699. The maximum atomic E-state index is 12.5. The molecule has 6 nitrogen and oxygen atoms in total. The number of carbonyl (C=O) groups excluding carboxylic acids is 1. The van der Waals surface area contributed by atoms with Crippen molar-refractivity contribution in [3.8, 4) is 0 Å². The average molecular weight is 364 g/mol. The predicted octanol–water partition coefficient (Wildman–Crippen LogP) is 2.87. The SMILES string of the molecule is O=C(c1ccoc1)N1CCCN(Cc2cncn2Cc2ccccc2)CC1. The van der Waals surface area contributed by atoms with Crippen LogP contribution in [0.5, 0.6) is 0 Å². The van der Waals surface area contributed by atoms with Gasteiger partial charge in [0.05, 0.1) is 23.8 Å². The lowest BCUT2D eigenvalue weighted by Crippen LogP contribution is -2.35. The third-order valence-corrected chi connectivity index (χ3v) is 5.02. The summed E-state index contributed by atoms with van der Waals surface area (Å²) in [4.78, 5) is 21.2. The molecule has 0 radical (unpaired) electrons. The Morgan fingerprint density at radius 2 is 1.93 bits per heavy atom. The highest BCUT2D eigenvalue weighted by Crippen LogP contribution is 2.13. The molecule has 1 amide bonds. The summed E-state index contributed by atoms with van der Waals surface area (Å²) in [5, 5.41) is 0. The van der Waals surface area contributed by atoms with Gasteiger partial charge in [0.15, 0.2) is 0 Å². The zero-order chi connectivity index (χ0) is 18.5. The average Bonchev–Trinajstić information content (AvgIpc) is 3.31. The normalized spacial score (nSPS) is 15.6. The Hall–Kier alpha value is -2.86. The molecule has 0 atom stereocenters. The summed E-state index contributed by atoms with van der Waals surface area (Å²) in [7, 11) is 0. The maximum absolute atomic E-state index is 12.5. The fourth-order valence-electron chi connectivity index (χ4n) is 3.53. The van der Waals surface area contributed by atoms with Gasteiger partial charge in [0.2, 0.25) is 0 Å². The van der Waals surface area contributed by atoms with Gasteiger partial charge in [0, 0.05) is 45.5 Å². The van der Waals surface area contributed by atoms with Crippen LogP contribution in [0.2, 0.25) is 0 Å². The van der Waals surface area contributed by atoms with Crippen molar-refractivity contribution in [3.05, 3.63) is 78.3 Å². The van der Waals surface area contributed by atoms with E-state index in [2.05, 4.69) is 38.7 Å². The van der Waals surface area contributed by atoms with Gasteiger partial charge in [0.25, 0.3) is 5.91 Å². The molecular formula is C21H24N4O2. The van der Waals surface area contributed by atoms with Gasteiger partial charge in [-0.15, -0.1) is 0 Å². The van der Waals surface area contributed by atoms with Gasteiger partial charge < -0.3 is 13.9 Å². The molecule has 1 saturated heterocycles. The van der Waals surface area contributed by atoms with Crippen LogP contribution >= 0.6 is 0 Å². The van der Waals surface area contributed by atoms with E-state index in [4.69, 9.17) is 4.42 Å². The molecule has 3 aromatic rings. The topological polar surface area (TPSA) is 54.5 Å². The van der Waals surface area contributed by atoms with Crippen LogP contribution in [0.4, 0.5) is 0 Å². The number of hydrogen-bond donors (Lipinski definition) is 0. The number of carbonyl (C=O) groups is 1. The molecule has 4 rings (SSSR count). The van der Waals surface area contributed by atoms with E-state index in [0.717, 1.165) is 45.7 Å². The summed E-state index contributed by atoms with van der Waals surface area (Å²) in [6.07, 6.45) is 7.88. The van der Waals surface area contributed by atoms with Gasteiger partial charge >= 0.3 is 0 Å². The Kier molecular flexibility index (Phi) is 5.34. The number of furan rings is 1. The highest BCUT2D eigenvalue weighted by atomic mass is 16.3. The molecule has 1 aliphatic rings. The predicted molar refractivity (Wildman–Crippen MR) is 102 cm³/mol. The van der Waals surface area contributed by atoms with Crippen molar-refractivity contribution in [3.63, 3.8) is 0 Å². The first-order chi connectivity index (χ1) is 13.3. The molecule has 0 spiro atoms. The molecule has 0 unspecified atom stereocenters. The monoisotopic (exact) mass is 364 g/mol. The summed E-state index contributed by atoms with van der Waals surface area (Å²) in [5.74, 6) is 0.0553. The van der Waals surface area contributed by atoms with E-state index in [0.29, 0.717) is 5.56 Å². The van der Waals surface area contributed by atoms with Gasteiger partial charge in [-0.05, 0) is 18.1 Å². The van der Waals surface area contributed by atoms with Crippen LogP contribution in [0.25, 0.3) is 0 Å². The Bertz CT molecular complexity index is 857. The number of benzene rings is 1. The van der Waals surface area contributed by atoms with Gasteiger partial charge in [-0.2, -0.15) is 0 Å². The lowest BCUT2D eigenvalue weighted by Gasteiger charge is -2.22. The molecule has 0 bridgehead atoms. The summed E-state index contributed by atoms with van der Waals surface area (Å²) < 4.78 is 7.25. The highest BCUT2D eigenvalue weighted by molar-refractivity contribution is 5.93. The third-order valence-electron chi connectivity index (χ3n) is 5.02. The molecule has 0 saturated carbocycles. The maximum Gasteiger partial charge on any atom is 0.257 e. The Morgan fingerprint density at radius 3 is 2.74 bits per heavy atom. The van der Waals surface area contributed by atoms with Gasteiger partial charge in [-0.1, -0.05) is 30.3 Å². The van der Waals surface area contributed by atoms with E-state index >= 15 is 0 Å². The van der Waals surface area contributed by atoms with Gasteiger partial charge in [0.1, 0.15) is 6.26 Å². The summed E-state index contributed by atoms with van der Waals surface area (Å²) in [6.45, 7) is 5.03. The standard InChI is InChI=1S/C21H24N4O2/c26-21(19-7-12-27-16-19)24-9-4-8-23(10-11-24)15-20-13-22-17-25(20)14-18-5-2-1-3-6-18/h1-3,5-7,12-13,16-17H,4,8-11,14-15H2. The number of aromatic nitrogens is 2. The summed E-state index contributed by atoms with van der Waals surface area (Å²) >= 11 is 0. The fraction of sp³-hybridized carbons (Fsp3) is 0.333. The number of hydrogen-bond acceptors (Lipinski definition) is 4. The van der Waals surface area contributed by atoms with E-state index in [9.17, 15) is 4.79 Å². The van der Waals surface area contributed by atoms with Crippen LogP contribution in [0.3, 0.4) is 0 Å². The zero-order valence-electron chi connectivity index (χ0n) is 15.3. The van der Waals surface area contributed by atoms with Gasteiger partial charge in [-0.25, -0.2) is 4.98 Å². The van der Waals surface area contributed by atoms with Crippen LogP contribution in [0.15, 0.2) is 65.9 Å². The minimum atomic E-state index is 0.0553. The number of rotatable bonds is 5. The first-order valence-corrected chi connectivity index (χ1v) is 9.36. The third kappa shape index (κ3) is 4.28. The fourth-order valence-corrected chi connectivity index (χ4v) is 3.53. The smallest absolute Gasteiger partial charge is 0.257 e. The van der Waals surface area contributed by atoms with Crippen LogP contribution in [-0.4, -0.2) is 51.4 Å². The van der Waals surface area contributed by atoms with Crippen molar-refractivity contribution in [1.82, 2.24) is 19.4 Å². The lowest BCUT2D eigenvalue weighted by atomic mass is 10.2. The number of imidazole rings is 1. The van der Waals surface area contributed by atoms with E-state index in [1.165, 1.54) is 17.5 Å². The molecule has 0 N–H and O–H groups in total. The second-order valence-corrected chi connectivity index (χ2v) is 6.93. The summed E-state index contributed by atoms with van der Waals surface area (Å²) in [5.41, 5.74) is 3.10. The molecule has 27 heavy (non-hydrogen) atoms. The van der Waals surface area contributed by atoms with Crippen LogP contribution in [-0.2, 0) is 13.1 Å².